The first kappa shape index (κ1) is 11.5. The van der Waals surface area contributed by atoms with E-state index < -0.39 is 0 Å². The van der Waals surface area contributed by atoms with Gasteiger partial charge in [0.25, 0.3) is 0 Å². The molecule has 0 aliphatic carbocycles. The van der Waals surface area contributed by atoms with E-state index in [4.69, 9.17) is 6.42 Å². The number of nitrogens with one attached hydrogen (secondary N) is 1. The zero-order chi connectivity index (χ0) is 11.1. The van der Waals surface area contributed by atoms with Gasteiger partial charge in [-0.05, 0) is 12.8 Å². The zero-order valence-electron chi connectivity index (χ0n) is 9.33. The van der Waals surface area contributed by atoms with Crippen LogP contribution >= 0.6 is 0 Å². The summed E-state index contributed by atoms with van der Waals surface area (Å²) in [5.41, 5.74) is 1.09. The summed E-state index contributed by atoms with van der Waals surface area (Å²) in [5.74, 6) is 3.84. The van der Waals surface area contributed by atoms with Crippen LogP contribution in [0.4, 0.5) is 5.82 Å². The Kier molecular flexibility index (Phi) is 4.62. The highest BCUT2D eigenvalue weighted by Crippen LogP contribution is 2.21. The van der Waals surface area contributed by atoms with Crippen molar-refractivity contribution in [1.29, 1.82) is 0 Å². The molecular weight excluding hydrogens is 186 g/mol. The van der Waals surface area contributed by atoms with E-state index in [1.807, 2.05) is 6.07 Å². The molecule has 1 heterocycles. The van der Waals surface area contributed by atoms with E-state index in [2.05, 4.69) is 35.1 Å². The first-order chi connectivity index (χ1) is 7.31. The molecule has 0 saturated carbocycles. The van der Waals surface area contributed by atoms with Crippen molar-refractivity contribution < 1.29 is 0 Å². The van der Waals surface area contributed by atoms with E-state index in [1.165, 1.54) is 0 Å². The van der Waals surface area contributed by atoms with Crippen molar-refractivity contribution in [1.82, 2.24) is 9.97 Å². The third-order valence-electron chi connectivity index (χ3n) is 2.46. The molecule has 0 aliphatic heterocycles. The highest BCUT2D eigenvalue weighted by molar-refractivity contribution is 5.36. The van der Waals surface area contributed by atoms with E-state index in [0.717, 1.165) is 24.4 Å². The standard InChI is InChI=1S/C12H17N3/c1-4-7-13-12-8-11(14-9-15-12)10(5-2)6-3/h1,8-10H,5-7H2,2-3H3,(H,13,14,15). The highest BCUT2D eigenvalue weighted by Gasteiger charge is 2.08. The number of rotatable bonds is 5. The van der Waals surface area contributed by atoms with Crippen LogP contribution in [0.5, 0.6) is 0 Å². The van der Waals surface area contributed by atoms with Crippen LogP contribution < -0.4 is 5.32 Å². The van der Waals surface area contributed by atoms with Gasteiger partial charge in [0.05, 0.1) is 6.54 Å². The van der Waals surface area contributed by atoms with Crippen LogP contribution in [-0.2, 0) is 0 Å². The summed E-state index contributed by atoms with van der Waals surface area (Å²) in [5, 5.41) is 3.05. The van der Waals surface area contributed by atoms with Gasteiger partial charge in [-0.2, -0.15) is 0 Å². The van der Waals surface area contributed by atoms with Crippen molar-refractivity contribution in [2.45, 2.75) is 32.6 Å². The molecule has 1 aromatic heterocycles. The lowest BCUT2D eigenvalue weighted by atomic mass is 9.99. The summed E-state index contributed by atoms with van der Waals surface area (Å²) < 4.78 is 0. The molecule has 0 aromatic carbocycles. The molecule has 15 heavy (non-hydrogen) atoms. The second kappa shape index (κ2) is 6.02. The molecule has 1 N–H and O–H groups in total. The smallest absolute Gasteiger partial charge is 0.130 e. The Hall–Kier alpha value is -1.56. The number of hydrogen-bond donors (Lipinski definition) is 1. The summed E-state index contributed by atoms with van der Waals surface area (Å²) in [6.07, 6.45) is 8.96. The second-order valence-corrected chi connectivity index (χ2v) is 3.40. The maximum atomic E-state index is 5.17. The molecule has 3 heteroatoms. The van der Waals surface area contributed by atoms with Crippen molar-refractivity contribution in [3.8, 4) is 12.3 Å². The Labute approximate surface area is 91.3 Å². The molecule has 0 fully saturated rings. The maximum absolute atomic E-state index is 5.17. The normalized spacial score (nSPS) is 10.0. The molecule has 0 aliphatic rings. The van der Waals surface area contributed by atoms with Crippen LogP contribution in [0.15, 0.2) is 12.4 Å². The van der Waals surface area contributed by atoms with Gasteiger partial charge in [0.2, 0.25) is 0 Å². The summed E-state index contributed by atoms with van der Waals surface area (Å²) in [7, 11) is 0. The van der Waals surface area contributed by atoms with Crippen LogP contribution in [0.1, 0.15) is 38.3 Å². The average Bonchev–Trinajstić information content (AvgIpc) is 2.29. The van der Waals surface area contributed by atoms with Gasteiger partial charge in [-0.1, -0.05) is 19.8 Å². The molecule has 1 rings (SSSR count). The van der Waals surface area contributed by atoms with Crippen LogP contribution in [0.3, 0.4) is 0 Å². The minimum Gasteiger partial charge on any atom is -0.359 e. The Morgan fingerprint density at radius 3 is 2.73 bits per heavy atom. The Balaban J connectivity index is 2.77. The van der Waals surface area contributed by atoms with Crippen molar-refractivity contribution in [2.24, 2.45) is 0 Å². The molecule has 0 radical (unpaired) electrons. The Bertz CT molecular complexity index is 337. The summed E-state index contributed by atoms with van der Waals surface area (Å²) in [6.45, 7) is 4.84. The van der Waals surface area contributed by atoms with E-state index in [0.29, 0.717) is 12.5 Å². The van der Waals surface area contributed by atoms with Crippen LogP contribution in [0.2, 0.25) is 0 Å². The van der Waals surface area contributed by atoms with Gasteiger partial charge in [-0.3, -0.25) is 0 Å². The summed E-state index contributed by atoms with van der Waals surface area (Å²) in [4.78, 5) is 8.40. The Morgan fingerprint density at radius 1 is 1.40 bits per heavy atom. The van der Waals surface area contributed by atoms with Crippen molar-refractivity contribution in [3.63, 3.8) is 0 Å². The third-order valence-corrected chi connectivity index (χ3v) is 2.46. The molecular formula is C12H17N3. The quantitative estimate of drug-likeness (QED) is 0.747. The lowest BCUT2D eigenvalue weighted by Crippen LogP contribution is -2.05. The minimum absolute atomic E-state index is 0.499. The zero-order valence-corrected chi connectivity index (χ0v) is 9.33. The molecule has 0 saturated heterocycles. The lowest BCUT2D eigenvalue weighted by Gasteiger charge is -2.12. The van der Waals surface area contributed by atoms with Crippen LogP contribution in [0, 0.1) is 12.3 Å². The molecule has 0 amide bonds. The number of nitrogens with zero attached hydrogens (tertiary/aromatic N) is 2. The molecule has 3 nitrogen and oxygen atoms in total. The monoisotopic (exact) mass is 203 g/mol. The first-order valence-electron chi connectivity index (χ1n) is 5.31. The van der Waals surface area contributed by atoms with Crippen LogP contribution in [0.25, 0.3) is 0 Å². The van der Waals surface area contributed by atoms with Crippen molar-refractivity contribution in [2.75, 3.05) is 11.9 Å². The largest absolute Gasteiger partial charge is 0.359 e. The number of anilines is 1. The lowest BCUT2D eigenvalue weighted by molar-refractivity contribution is 0.621. The number of aromatic nitrogens is 2. The van der Waals surface area contributed by atoms with E-state index >= 15 is 0 Å². The molecule has 0 atom stereocenters. The second-order valence-electron chi connectivity index (χ2n) is 3.40. The van der Waals surface area contributed by atoms with Gasteiger partial charge in [-0.25, -0.2) is 9.97 Å². The summed E-state index contributed by atoms with van der Waals surface area (Å²) >= 11 is 0. The third kappa shape index (κ3) is 3.25. The van der Waals surface area contributed by atoms with Crippen LogP contribution in [-0.4, -0.2) is 16.5 Å². The molecule has 80 valence electrons. The van der Waals surface area contributed by atoms with Gasteiger partial charge in [0, 0.05) is 17.7 Å². The number of terminal acetylenes is 1. The van der Waals surface area contributed by atoms with Crippen molar-refractivity contribution >= 4 is 5.82 Å². The Morgan fingerprint density at radius 2 is 2.13 bits per heavy atom. The highest BCUT2D eigenvalue weighted by atomic mass is 15.0. The predicted octanol–water partition coefficient (Wildman–Crippen LogP) is 2.43. The van der Waals surface area contributed by atoms with Crippen molar-refractivity contribution in [3.05, 3.63) is 18.1 Å². The van der Waals surface area contributed by atoms with Gasteiger partial charge < -0.3 is 5.32 Å². The maximum Gasteiger partial charge on any atom is 0.130 e. The predicted molar refractivity (Wildman–Crippen MR) is 62.7 cm³/mol. The first-order valence-corrected chi connectivity index (χ1v) is 5.31. The summed E-state index contributed by atoms with van der Waals surface area (Å²) in [6, 6.07) is 1.98. The van der Waals surface area contributed by atoms with Gasteiger partial charge in [0.15, 0.2) is 0 Å². The topological polar surface area (TPSA) is 37.8 Å². The molecule has 0 spiro atoms. The molecule has 0 unspecified atom stereocenters. The SMILES string of the molecule is C#CCNc1cc(C(CC)CC)ncn1. The minimum atomic E-state index is 0.499. The van der Waals surface area contributed by atoms with Gasteiger partial charge >= 0.3 is 0 Å². The van der Waals surface area contributed by atoms with Gasteiger partial charge in [0.1, 0.15) is 12.1 Å². The van der Waals surface area contributed by atoms with E-state index in [-0.39, 0.29) is 0 Å². The number of hydrogen-bond acceptors (Lipinski definition) is 3. The molecule has 0 bridgehead atoms. The fourth-order valence-electron chi connectivity index (χ4n) is 1.54. The van der Waals surface area contributed by atoms with E-state index in [1.54, 1.807) is 6.33 Å². The van der Waals surface area contributed by atoms with E-state index in [9.17, 15) is 0 Å². The fourth-order valence-corrected chi connectivity index (χ4v) is 1.54. The average molecular weight is 203 g/mol. The fraction of sp³-hybridized carbons (Fsp3) is 0.500. The van der Waals surface area contributed by atoms with Gasteiger partial charge in [-0.15, -0.1) is 6.42 Å². The molecule has 1 aromatic rings.